The van der Waals surface area contributed by atoms with Gasteiger partial charge in [-0.3, -0.25) is 4.79 Å². The van der Waals surface area contributed by atoms with Crippen molar-refractivity contribution in [2.24, 2.45) is 0 Å². The summed E-state index contributed by atoms with van der Waals surface area (Å²) in [4.78, 5) is 12.8. The number of halogens is 1. The molecule has 5 heteroatoms. The topological polar surface area (TPSA) is 57.8 Å². The molecule has 1 heterocycles. The molecule has 1 amide bonds. The van der Waals surface area contributed by atoms with Gasteiger partial charge in [-0.15, -0.1) is 0 Å². The Morgan fingerprint density at radius 1 is 1.06 bits per heavy atom. The molecule has 32 heavy (non-hydrogen) atoms. The van der Waals surface area contributed by atoms with E-state index in [4.69, 9.17) is 0 Å². The van der Waals surface area contributed by atoms with Gasteiger partial charge < -0.3 is 9.88 Å². The van der Waals surface area contributed by atoms with Gasteiger partial charge in [0.2, 0.25) is 0 Å². The standard InChI is InChI=1S/C27H22FN3O/c1-18-10-11-24(12-19(18)2)30-27(32)21(15-29)14-22-17-31(26-9-4-3-8-25(22)26)16-20-6-5-7-23(28)13-20/h3-14,17H,16H2,1-2H3,(H,30,32)/b21-14+. The van der Waals surface area contributed by atoms with Crippen LogP contribution in [0.25, 0.3) is 17.0 Å². The number of carbonyl (C=O) groups excluding carboxylic acids is 1. The Kier molecular flexibility index (Phi) is 5.87. The molecule has 0 unspecified atom stereocenters. The van der Waals surface area contributed by atoms with Gasteiger partial charge in [0, 0.05) is 34.9 Å². The van der Waals surface area contributed by atoms with E-state index in [-0.39, 0.29) is 11.4 Å². The molecule has 0 atom stereocenters. The molecule has 4 aromatic rings. The smallest absolute Gasteiger partial charge is 0.266 e. The molecule has 0 saturated carbocycles. The van der Waals surface area contributed by atoms with Crippen LogP contribution in [0.4, 0.5) is 10.1 Å². The SMILES string of the molecule is Cc1ccc(NC(=O)/C(C#N)=C/c2cn(Cc3cccc(F)c3)c3ccccc23)cc1C. The number of para-hydroxylation sites is 1. The number of hydrogen-bond acceptors (Lipinski definition) is 2. The van der Waals surface area contributed by atoms with Crippen molar-refractivity contribution < 1.29 is 9.18 Å². The fourth-order valence-electron chi connectivity index (χ4n) is 3.67. The Balaban J connectivity index is 1.67. The minimum Gasteiger partial charge on any atom is -0.342 e. The summed E-state index contributed by atoms with van der Waals surface area (Å²) in [6.45, 7) is 4.45. The van der Waals surface area contributed by atoms with Crippen LogP contribution in [0.1, 0.15) is 22.3 Å². The summed E-state index contributed by atoms with van der Waals surface area (Å²) in [5.74, 6) is -0.744. The molecule has 0 radical (unpaired) electrons. The zero-order valence-corrected chi connectivity index (χ0v) is 17.9. The summed E-state index contributed by atoms with van der Waals surface area (Å²) >= 11 is 0. The lowest BCUT2D eigenvalue weighted by atomic mass is 10.1. The number of fused-ring (bicyclic) bond motifs is 1. The molecule has 4 nitrogen and oxygen atoms in total. The zero-order chi connectivity index (χ0) is 22.7. The second kappa shape index (κ2) is 8.91. The average Bonchev–Trinajstić information content (AvgIpc) is 3.12. The molecule has 158 valence electrons. The molecule has 0 aliphatic carbocycles. The third-order valence-electron chi connectivity index (χ3n) is 5.49. The maximum Gasteiger partial charge on any atom is 0.266 e. The number of rotatable bonds is 5. The number of benzene rings is 3. The van der Waals surface area contributed by atoms with Crippen molar-refractivity contribution in [1.82, 2.24) is 4.57 Å². The Morgan fingerprint density at radius 2 is 1.88 bits per heavy atom. The van der Waals surface area contributed by atoms with E-state index in [1.165, 1.54) is 12.1 Å². The molecule has 0 spiro atoms. The van der Waals surface area contributed by atoms with Crippen molar-refractivity contribution in [3.63, 3.8) is 0 Å². The van der Waals surface area contributed by atoms with Gasteiger partial charge in [0.25, 0.3) is 5.91 Å². The first-order chi connectivity index (χ1) is 15.4. The minimum absolute atomic E-state index is 0.0110. The van der Waals surface area contributed by atoms with Crippen LogP contribution in [0, 0.1) is 31.0 Å². The fourth-order valence-corrected chi connectivity index (χ4v) is 3.67. The van der Waals surface area contributed by atoms with Crippen LogP contribution >= 0.6 is 0 Å². The number of carbonyl (C=O) groups is 1. The maximum atomic E-state index is 13.6. The van der Waals surface area contributed by atoms with Crippen molar-refractivity contribution in [3.8, 4) is 6.07 Å². The van der Waals surface area contributed by atoms with E-state index in [0.29, 0.717) is 12.2 Å². The largest absolute Gasteiger partial charge is 0.342 e. The Morgan fingerprint density at radius 3 is 2.62 bits per heavy atom. The normalized spacial score (nSPS) is 11.4. The third-order valence-corrected chi connectivity index (χ3v) is 5.49. The lowest BCUT2D eigenvalue weighted by Gasteiger charge is -2.07. The molecule has 0 bridgehead atoms. The van der Waals surface area contributed by atoms with E-state index in [1.54, 1.807) is 12.1 Å². The van der Waals surface area contributed by atoms with Gasteiger partial charge in [-0.05, 0) is 66.9 Å². The van der Waals surface area contributed by atoms with Gasteiger partial charge in [0.1, 0.15) is 17.5 Å². The van der Waals surface area contributed by atoms with Crippen LogP contribution < -0.4 is 5.32 Å². The first kappa shape index (κ1) is 21.1. The van der Waals surface area contributed by atoms with E-state index in [1.807, 2.05) is 79.2 Å². The second-order valence-electron chi connectivity index (χ2n) is 7.78. The lowest BCUT2D eigenvalue weighted by molar-refractivity contribution is -0.112. The fraction of sp³-hybridized carbons (Fsp3) is 0.111. The Bertz CT molecular complexity index is 1390. The Labute approximate surface area is 186 Å². The quantitative estimate of drug-likeness (QED) is 0.317. The predicted molar refractivity (Wildman–Crippen MR) is 126 cm³/mol. The number of anilines is 1. The number of amides is 1. The van der Waals surface area contributed by atoms with Crippen LogP contribution in [0.3, 0.4) is 0 Å². The first-order valence-corrected chi connectivity index (χ1v) is 10.3. The van der Waals surface area contributed by atoms with Crippen LogP contribution in [-0.2, 0) is 11.3 Å². The molecule has 0 aliphatic rings. The molecule has 0 saturated heterocycles. The van der Waals surface area contributed by atoms with Gasteiger partial charge in [0.05, 0.1) is 0 Å². The predicted octanol–water partition coefficient (Wildman–Crippen LogP) is 5.99. The third kappa shape index (κ3) is 4.45. The monoisotopic (exact) mass is 423 g/mol. The number of nitrogens with zero attached hydrogens (tertiary/aromatic N) is 2. The molecule has 0 fully saturated rings. The molecular formula is C27H22FN3O. The lowest BCUT2D eigenvalue weighted by Crippen LogP contribution is -2.13. The maximum absolute atomic E-state index is 13.6. The summed E-state index contributed by atoms with van der Waals surface area (Å²) in [5.41, 5.74) is 5.37. The number of hydrogen-bond donors (Lipinski definition) is 1. The second-order valence-corrected chi connectivity index (χ2v) is 7.78. The number of nitriles is 1. The van der Waals surface area contributed by atoms with Crippen LogP contribution in [0.15, 0.2) is 78.5 Å². The average molecular weight is 423 g/mol. The minimum atomic E-state index is -0.460. The number of aryl methyl sites for hydroxylation is 2. The van der Waals surface area contributed by atoms with Gasteiger partial charge in [-0.25, -0.2) is 4.39 Å². The van der Waals surface area contributed by atoms with Crippen molar-refractivity contribution in [3.05, 3.63) is 107 Å². The highest BCUT2D eigenvalue weighted by Gasteiger charge is 2.13. The zero-order valence-electron chi connectivity index (χ0n) is 17.9. The molecule has 0 aliphatic heterocycles. The highest BCUT2D eigenvalue weighted by atomic mass is 19.1. The van der Waals surface area contributed by atoms with E-state index in [9.17, 15) is 14.4 Å². The van der Waals surface area contributed by atoms with Gasteiger partial charge in [-0.2, -0.15) is 5.26 Å². The summed E-state index contributed by atoms with van der Waals surface area (Å²) in [6, 6.07) is 21.9. The molecule has 4 rings (SSSR count). The van der Waals surface area contributed by atoms with Crippen LogP contribution in [0.5, 0.6) is 0 Å². The Hall–Kier alpha value is -4.17. The van der Waals surface area contributed by atoms with E-state index in [0.717, 1.165) is 33.2 Å². The van der Waals surface area contributed by atoms with E-state index < -0.39 is 5.91 Å². The summed E-state index contributed by atoms with van der Waals surface area (Å²) in [6.07, 6.45) is 3.48. The number of nitrogens with one attached hydrogen (secondary N) is 1. The summed E-state index contributed by atoms with van der Waals surface area (Å²) in [5, 5.41) is 13.4. The van der Waals surface area contributed by atoms with Crippen LogP contribution in [-0.4, -0.2) is 10.5 Å². The van der Waals surface area contributed by atoms with Gasteiger partial charge in [-0.1, -0.05) is 36.4 Å². The number of aromatic nitrogens is 1. The highest BCUT2D eigenvalue weighted by Crippen LogP contribution is 2.25. The molecule has 3 aromatic carbocycles. The summed E-state index contributed by atoms with van der Waals surface area (Å²) in [7, 11) is 0. The van der Waals surface area contributed by atoms with Crippen molar-refractivity contribution in [2.75, 3.05) is 5.32 Å². The van der Waals surface area contributed by atoms with Crippen LogP contribution in [0.2, 0.25) is 0 Å². The van der Waals surface area contributed by atoms with Crippen molar-refractivity contribution in [1.29, 1.82) is 5.26 Å². The van der Waals surface area contributed by atoms with Crippen molar-refractivity contribution in [2.45, 2.75) is 20.4 Å². The van der Waals surface area contributed by atoms with Gasteiger partial charge in [0.15, 0.2) is 0 Å². The van der Waals surface area contributed by atoms with Crippen molar-refractivity contribution >= 4 is 28.6 Å². The van der Waals surface area contributed by atoms with Gasteiger partial charge >= 0.3 is 0 Å². The van der Waals surface area contributed by atoms with E-state index >= 15 is 0 Å². The molecule has 1 N–H and O–H groups in total. The first-order valence-electron chi connectivity index (χ1n) is 10.3. The summed E-state index contributed by atoms with van der Waals surface area (Å²) < 4.78 is 15.6. The van der Waals surface area contributed by atoms with E-state index in [2.05, 4.69) is 5.32 Å². The molecule has 1 aromatic heterocycles. The molecular weight excluding hydrogens is 401 g/mol. The highest BCUT2D eigenvalue weighted by molar-refractivity contribution is 6.10.